The van der Waals surface area contributed by atoms with Crippen molar-refractivity contribution in [2.75, 3.05) is 0 Å². The van der Waals surface area contributed by atoms with E-state index >= 15 is 0 Å². The van der Waals surface area contributed by atoms with Crippen molar-refractivity contribution < 1.29 is 10.2 Å². The monoisotopic (exact) mass is 208 g/mol. The zero-order valence-corrected chi connectivity index (χ0v) is 10.1. The molecule has 1 aromatic rings. The summed E-state index contributed by atoms with van der Waals surface area (Å²) in [4.78, 5) is 0. The zero-order valence-electron chi connectivity index (χ0n) is 10.1. The first-order valence-corrected chi connectivity index (χ1v) is 5.30. The molecular formula is C13H20O2. The molecule has 0 spiro atoms. The van der Waals surface area contributed by atoms with Gasteiger partial charge in [0.05, 0.1) is 0 Å². The molecule has 0 saturated carbocycles. The van der Waals surface area contributed by atoms with Crippen molar-refractivity contribution in [1.29, 1.82) is 0 Å². The van der Waals surface area contributed by atoms with Gasteiger partial charge in [0.1, 0.15) is 11.5 Å². The van der Waals surface area contributed by atoms with Crippen molar-refractivity contribution in [3.05, 3.63) is 23.3 Å². The van der Waals surface area contributed by atoms with E-state index in [4.69, 9.17) is 0 Å². The van der Waals surface area contributed by atoms with Gasteiger partial charge in [-0.05, 0) is 28.5 Å². The fourth-order valence-corrected chi connectivity index (χ4v) is 1.66. The molecule has 0 unspecified atom stereocenters. The summed E-state index contributed by atoms with van der Waals surface area (Å²) in [5, 5.41) is 19.5. The van der Waals surface area contributed by atoms with E-state index in [1.165, 1.54) is 6.07 Å². The highest BCUT2D eigenvalue weighted by atomic mass is 16.3. The molecule has 0 bridgehead atoms. The lowest BCUT2D eigenvalue weighted by Gasteiger charge is -2.22. The van der Waals surface area contributed by atoms with E-state index in [-0.39, 0.29) is 22.8 Å². The average Bonchev–Trinajstić information content (AvgIpc) is 2.00. The van der Waals surface area contributed by atoms with Crippen LogP contribution in [0.2, 0.25) is 0 Å². The van der Waals surface area contributed by atoms with Gasteiger partial charge < -0.3 is 10.2 Å². The van der Waals surface area contributed by atoms with Crippen LogP contribution in [0.3, 0.4) is 0 Å². The number of rotatable bonds is 1. The fourth-order valence-electron chi connectivity index (χ4n) is 1.66. The van der Waals surface area contributed by atoms with Crippen LogP contribution < -0.4 is 0 Å². The third kappa shape index (κ3) is 2.44. The third-order valence-electron chi connectivity index (χ3n) is 2.58. The average molecular weight is 208 g/mol. The Bertz CT molecular complexity index is 360. The Morgan fingerprint density at radius 1 is 1.00 bits per heavy atom. The van der Waals surface area contributed by atoms with Gasteiger partial charge in [-0.3, -0.25) is 0 Å². The van der Waals surface area contributed by atoms with Crippen molar-refractivity contribution in [3.63, 3.8) is 0 Å². The Morgan fingerprint density at radius 2 is 1.53 bits per heavy atom. The maximum absolute atomic E-state index is 9.77. The number of hydrogen-bond donors (Lipinski definition) is 2. The standard InChI is InChI=1S/C13H20O2/c1-8(2)9-6-10(13(3,4)5)12(15)7-11(9)14/h6-8,14-15H,1-5H3. The summed E-state index contributed by atoms with van der Waals surface area (Å²) in [5.74, 6) is 0.603. The van der Waals surface area contributed by atoms with E-state index < -0.39 is 0 Å². The van der Waals surface area contributed by atoms with Crippen molar-refractivity contribution in [2.45, 2.75) is 46.0 Å². The predicted molar refractivity (Wildman–Crippen MR) is 62.6 cm³/mol. The molecule has 1 rings (SSSR count). The maximum Gasteiger partial charge on any atom is 0.123 e. The van der Waals surface area contributed by atoms with Crippen molar-refractivity contribution in [1.82, 2.24) is 0 Å². The van der Waals surface area contributed by atoms with E-state index in [9.17, 15) is 10.2 Å². The van der Waals surface area contributed by atoms with Gasteiger partial charge in [0, 0.05) is 6.07 Å². The van der Waals surface area contributed by atoms with E-state index in [0.29, 0.717) is 0 Å². The number of phenols is 2. The highest BCUT2D eigenvalue weighted by Crippen LogP contribution is 2.37. The lowest BCUT2D eigenvalue weighted by Crippen LogP contribution is -2.12. The van der Waals surface area contributed by atoms with Gasteiger partial charge in [-0.15, -0.1) is 0 Å². The quantitative estimate of drug-likeness (QED) is 0.741. The molecule has 0 aromatic heterocycles. The molecule has 0 atom stereocenters. The SMILES string of the molecule is CC(C)c1cc(C(C)(C)C)c(O)cc1O. The van der Waals surface area contributed by atoms with E-state index in [0.717, 1.165) is 11.1 Å². The van der Waals surface area contributed by atoms with Gasteiger partial charge in [-0.25, -0.2) is 0 Å². The van der Waals surface area contributed by atoms with Crippen LogP contribution in [0.4, 0.5) is 0 Å². The van der Waals surface area contributed by atoms with E-state index in [1.54, 1.807) is 0 Å². The second-order valence-corrected chi connectivity index (χ2v) is 5.33. The van der Waals surface area contributed by atoms with Crippen LogP contribution in [0.5, 0.6) is 11.5 Å². The van der Waals surface area contributed by atoms with Crippen LogP contribution in [0.15, 0.2) is 12.1 Å². The lowest BCUT2D eigenvalue weighted by molar-refractivity contribution is 0.426. The maximum atomic E-state index is 9.77. The summed E-state index contributed by atoms with van der Waals surface area (Å²) < 4.78 is 0. The first kappa shape index (κ1) is 11.9. The second kappa shape index (κ2) is 3.76. The molecule has 2 heteroatoms. The summed E-state index contributed by atoms with van der Waals surface area (Å²) in [6, 6.07) is 3.34. The molecule has 15 heavy (non-hydrogen) atoms. The topological polar surface area (TPSA) is 40.5 Å². The van der Waals surface area contributed by atoms with Gasteiger partial charge in [-0.1, -0.05) is 34.6 Å². The smallest absolute Gasteiger partial charge is 0.123 e. The summed E-state index contributed by atoms with van der Waals surface area (Å²) in [7, 11) is 0. The Balaban J connectivity index is 3.37. The van der Waals surface area contributed by atoms with Crippen LogP contribution in [0, 0.1) is 0 Å². The molecule has 1 aromatic carbocycles. The van der Waals surface area contributed by atoms with E-state index in [1.807, 2.05) is 40.7 Å². The van der Waals surface area contributed by atoms with Crippen molar-refractivity contribution in [2.24, 2.45) is 0 Å². The molecule has 0 aliphatic heterocycles. The molecule has 0 saturated heterocycles. The Kier molecular flexibility index (Phi) is 2.98. The molecule has 0 fully saturated rings. The van der Waals surface area contributed by atoms with Crippen LogP contribution in [-0.4, -0.2) is 10.2 Å². The normalized spacial score (nSPS) is 12.1. The molecule has 0 amide bonds. The number of aromatic hydroxyl groups is 2. The highest BCUT2D eigenvalue weighted by molar-refractivity contribution is 5.48. The van der Waals surface area contributed by atoms with Gasteiger partial charge in [-0.2, -0.15) is 0 Å². The Labute approximate surface area is 91.6 Å². The number of hydrogen-bond acceptors (Lipinski definition) is 2. The number of phenolic OH excluding ortho intramolecular Hbond substituents is 2. The van der Waals surface area contributed by atoms with Crippen LogP contribution in [0.25, 0.3) is 0 Å². The van der Waals surface area contributed by atoms with Crippen LogP contribution in [-0.2, 0) is 5.41 Å². The Hall–Kier alpha value is -1.18. The Morgan fingerprint density at radius 3 is 1.93 bits per heavy atom. The first-order valence-electron chi connectivity index (χ1n) is 5.30. The third-order valence-corrected chi connectivity index (χ3v) is 2.58. The predicted octanol–water partition coefficient (Wildman–Crippen LogP) is 3.52. The molecule has 84 valence electrons. The van der Waals surface area contributed by atoms with Crippen molar-refractivity contribution in [3.8, 4) is 11.5 Å². The minimum Gasteiger partial charge on any atom is -0.508 e. The molecule has 0 aliphatic carbocycles. The van der Waals surface area contributed by atoms with Gasteiger partial charge in [0.25, 0.3) is 0 Å². The van der Waals surface area contributed by atoms with Crippen LogP contribution in [0.1, 0.15) is 51.7 Å². The second-order valence-electron chi connectivity index (χ2n) is 5.33. The zero-order chi connectivity index (χ0) is 11.8. The van der Waals surface area contributed by atoms with Gasteiger partial charge in [0.2, 0.25) is 0 Å². The minimum absolute atomic E-state index is 0.110. The summed E-state index contributed by atoms with van der Waals surface area (Å²) >= 11 is 0. The van der Waals surface area contributed by atoms with Crippen molar-refractivity contribution >= 4 is 0 Å². The molecule has 0 heterocycles. The van der Waals surface area contributed by atoms with E-state index in [2.05, 4.69) is 0 Å². The van der Waals surface area contributed by atoms with Gasteiger partial charge in [0.15, 0.2) is 0 Å². The molecule has 0 radical (unpaired) electrons. The molecule has 0 aliphatic rings. The highest BCUT2D eigenvalue weighted by Gasteiger charge is 2.21. The molecular weight excluding hydrogens is 188 g/mol. The minimum atomic E-state index is -0.110. The number of benzene rings is 1. The largest absolute Gasteiger partial charge is 0.508 e. The summed E-state index contributed by atoms with van der Waals surface area (Å²) in [6.07, 6.45) is 0. The molecule has 2 nitrogen and oxygen atoms in total. The fraction of sp³-hybridized carbons (Fsp3) is 0.538. The summed E-state index contributed by atoms with van der Waals surface area (Å²) in [6.45, 7) is 10.2. The van der Waals surface area contributed by atoms with Crippen LogP contribution >= 0.6 is 0 Å². The lowest BCUT2D eigenvalue weighted by atomic mass is 9.84. The first-order chi connectivity index (χ1) is 6.73. The van der Waals surface area contributed by atoms with Gasteiger partial charge >= 0.3 is 0 Å². The molecule has 2 N–H and O–H groups in total. The summed E-state index contributed by atoms with van der Waals surface area (Å²) in [5.41, 5.74) is 1.66.